The maximum absolute atomic E-state index is 5.51. The number of alkyl halides is 1. The van der Waals surface area contributed by atoms with Gasteiger partial charge in [-0.25, -0.2) is 4.98 Å². The highest BCUT2D eigenvalue weighted by Crippen LogP contribution is 2.16. The van der Waals surface area contributed by atoms with Crippen LogP contribution in [0.25, 0.3) is 0 Å². The van der Waals surface area contributed by atoms with Crippen molar-refractivity contribution in [2.45, 2.75) is 19.9 Å². The molecular formula is C10H15ClN2S. The van der Waals surface area contributed by atoms with Gasteiger partial charge in [-0.3, -0.25) is 0 Å². The van der Waals surface area contributed by atoms with E-state index in [4.69, 9.17) is 11.6 Å². The summed E-state index contributed by atoms with van der Waals surface area (Å²) in [5, 5.41) is 6.56. The number of rotatable bonds is 5. The lowest BCUT2D eigenvalue weighted by Crippen LogP contribution is -2.18. The van der Waals surface area contributed by atoms with Gasteiger partial charge in [-0.1, -0.05) is 12.2 Å². The van der Waals surface area contributed by atoms with Crippen molar-refractivity contribution in [2.75, 3.05) is 12.4 Å². The fourth-order valence-electron chi connectivity index (χ4n) is 1.05. The number of nitrogens with one attached hydrogen (secondary N) is 1. The number of thiazole rings is 1. The van der Waals surface area contributed by atoms with E-state index in [1.54, 1.807) is 11.3 Å². The topological polar surface area (TPSA) is 24.9 Å². The molecule has 0 bridgehead atoms. The predicted molar refractivity (Wildman–Crippen MR) is 63.1 cm³/mol. The molecule has 0 aromatic carbocycles. The first-order chi connectivity index (χ1) is 6.74. The van der Waals surface area contributed by atoms with Crippen molar-refractivity contribution in [3.8, 4) is 0 Å². The van der Waals surface area contributed by atoms with Gasteiger partial charge in [-0.2, -0.15) is 0 Å². The van der Waals surface area contributed by atoms with E-state index in [1.165, 1.54) is 0 Å². The Labute approximate surface area is 94.0 Å². The van der Waals surface area contributed by atoms with Gasteiger partial charge in [0.1, 0.15) is 5.01 Å². The van der Waals surface area contributed by atoms with E-state index < -0.39 is 0 Å². The molecule has 0 fully saturated rings. The number of nitrogens with zero attached hydrogens (tertiary/aromatic N) is 1. The second kappa shape index (κ2) is 6.17. The third-order valence-corrected chi connectivity index (χ3v) is 3.13. The maximum Gasteiger partial charge on any atom is 0.110 e. The highest BCUT2D eigenvalue weighted by atomic mass is 35.5. The molecule has 1 heterocycles. The molecule has 0 saturated carbocycles. The van der Waals surface area contributed by atoms with Crippen molar-refractivity contribution in [1.29, 1.82) is 0 Å². The quantitative estimate of drug-likeness (QED) is 0.622. The van der Waals surface area contributed by atoms with Crippen LogP contribution in [-0.4, -0.2) is 17.4 Å². The van der Waals surface area contributed by atoms with Gasteiger partial charge in [0.2, 0.25) is 0 Å². The fourth-order valence-corrected chi connectivity index (χ4v) is 2.00. The average molecular weight is 231 g/mol. The van der Waals surface area contributed by atoms with E-state index in [9.17, 15) is 0 Å². The third-order valence-electron chi connectivity index (χ3n) is 1.80. The van der Waals surface area contributed by atoms with Gasteiger partial charge in [0.05, 0.1) is 6.04 Å². The third kappa shape index (κ3) is 3.78. The van der Waals surface area contributed by atoms with Crippen molar-refractivity contribution < 1.29 is 0 Å². The molecule has 0 amide bonds. The molecule has 1 N–H and O–H groups in total. The van der Waals surface area contributed by atoms with Crippen LogP contribution < -0.4 is 5.32 Å². The van der Waals surface area contributed by atoms with E-state index in [2.05, 4.69) is 22.6 Å². The summed E-state index contributed by atoms with van der Waals surface area (Å²) in [4.78, 5) is 4.42. The maximum atomic E-state index is 5.51. The van der Waals surface area contributed by atoms with Gasteiger partial charge in [0, 0.05) is 23.5 Å². The van der Waals surface area contributed by atoms with Gasteiger partial charge in [-0.05, 0) is 13.8 Å². The molecular weight excluding hydrogens is 216 g/mol. The van der Waals surface area contributed by atoms with Crippen LogP contribution in [0.4, 0.5) is 0 Å². The minimum atomic E-state index is 0.314. The molecule has 0 aliphatic heterocycles. The zero-order chi connectivity index (χ0) is 10.4. The molecule has 0 aliphatic rings. The Morgan fingerprint density at radius 1 is 1.64 bits per heavy atom. The van der Waals surface area contributed by atoms with E-state index in [0.29, 0.717) is 11.9 Å². The Hall–Kier alpha value is -0.380. The van der Waals surface area contributed by atoms with Crippen LogP contribution in [0.15, 0.2) is 17.5 Å². The normalized spacial score (nSPS) is 13.6. The Morgan fingerprint density at radius 3 is 3.00 bits per heavy atom. The summed E-state index contributed by atoms with van der Waals surface area (Å²) in [5.41, 5.74) is 1.09. The molecule has 1 atom stereocenters. The monoisotopic (exact) mass is 230 g/mol. The lowest BCUT2D eigenvalue weighted by molar-refractivity contribution is 0.612. The van der Waals surface area contributed by atoms with Crippen LogP contribution >= 0.6 is 22.9 Å². The molecule has 2 nitrogen and oxygen atoms in total. The van der Waals surface area contributed by atoms with E-state index in [0.717, 1.165) is 17.2 Å². The molecule has 78 valence electrons. The zero-order valence-corrected chi connectivity index (χ0v) is 10.0. The first-order valence-electron chi connectivity index (χ1n) is 4.60. The van der Waals surface area contributed by atoms with Gasteiger partial charge in [0.25, 0.3) is 0 Å². The number of hydrogen-bond acceptors (Lipinski definition) is 3. The molecule has 4 heteroatoms. The summed E-state index contributed by atoms with van der Waals surface area (Å²) in [7, 11) is 0. The predicted octanol–water partition coefficient (Wildman–Crippen LogP) is 2.90. The molecule has 0 spiro atoms. The minimum absolute atomic E-state index is 0.314. The van der Waals surface area contributed by atoms with Gasteiger partial charge >= 0.3 is 0 Å². The second-order valence-corrected chi connectivity index (χ2v) is 4.28. The summed E-state index contributed by atoms with van der Waals surface area (Å²) in [5.74, 6) is 0.576. The van der Waals surface area contributed by atoms with E-state index in [1.807, 2.05) is 19.1 Å². The molecule has 1 aromatic heterocycles. The van der Waals surface area contributed by atoms with Gasteiger partial charge < -0.3 is 5.32 Å². The number of hydrogen-bond donors (Lipinski definition) is 1. The number of aryl methyl sites for hydroxylation is 1. The standard InChI is InChI=1S/C10H15ClN2S/c1-8-7-14-10(13-8)9(2)12-6-4-3-5-11/h3-4,7,9,12H,5-6H2,1-2H3/b4-3+. The van der Waals surface area contributed by atoms with Crippen molar-refractivity contribution in [2.24, 2.45) is 0 Å². The summed E-state index contributed by atoms with van der Waals surface area (Å²) >= 11 is 7.21. The number of halogens is 1. The highest BCUT2D eigenvalue weighted by molar-refractivity contribution is 7.09. The number of allylic oxidation sites excluding steroid dienone is 1. The highest BCUT2D eigenvalue weighted by Gasteiger charge is 2.06. The minimum Gasteiger partial charge on any atom is -0.305 e. The van der Waals surface area contributed by atoms with Crippen LogP contribution in [0, 0.1) is 6.92 Å². The lowest BCUT2D eigenvalue weighted by Gasteiger charge is -2.08. The molecule has 0 saturated heterocycles. The van der Waals surface area contributed by atoms with Crippen LogP contribution in [-0.2, 0) is 0 Å². The first-order valence-corrected chi connectivity index (χ1v) is 6.02. The van der Waals surface area contributed by atoms with Gasteiger partial charge in [0.15, 0.2) is 0 Å². The second-order valence-electron chi connectivity index (χ2n) is 3.08. The number of aromatic nitrogens is 1. The van der Waals surface area contributed by atoms with E-state index in [-0.39, 0.29) is 0 Å². The van der Waals surface area contributed by atoms with Crippen LogP contribution in [0.3, 0.4) is 0 Å². The van der Waals surface area contributed by atoms with Crippen molar-refractivity contribution in [1.82, 2.24) is 10.3 Å². The summed E-state index contributed by atoms with van der Waals surface area (Å²) < 4.78 is 0. The Bertz CT molecular complexity index is 296. The Morgan fingerprint density at radius 2 is 2.43 bits per heavy atom. The molecule has 1 aromatic rings. The van der Waals surface area contributed by atoms with Crippen LogP contribution in [0.2, 0.25) is 0 Å². The fraction of sp³-hybridized carbons (Fsp3) is 0.500. The van der Waals surface area contributed by atoms with Crippen LogP contribution in [0.1, 0.15) is 23.7 Å². The smallest absolute Gasteiger partial charge is 0.110 e. The SMILES string of the molecule is Cc1csc(C(C)NC/C=C/CCl)n1. The summed E-state index contributed by atoms with van der Waals surface area (Å²) in [6.45, 7) is 4.97. The summed E-state index contributed by atoms with van der Waals surface area (Å²) in [6, 6.07) is 0.314. The lowest BCUT2D eigenvalue weighted by atomic mass is 10.3. The molecule has 14 heavy (non-hydrogen) atoms. The van der Waals surface area contributed by atoms with Crippen molar-refractivity contribution in [3.05, 3.63) is 28.2 Å². The molecule has 1 unspecified atom stereocenters. The van der Waals surface area contributed by atoms with Crippen LogP contribution in [0.5, 0.6) is 0 Å². The summed E-state index contributed by atoms with van der Waals surface area (Å²) in [6.07, 6.45) is 3.97. The van der Waals surface area contributed by atoms with Crippen molar-refractivity contribution in [3.63, 3.8) is 0 Å². The van der Waals surface area contributed by atoms with Gasteiger partial charge in [-0.15, -0.1) is 22.9 Å². The first kappa shape index (κ1) is 11.7. The Kier molecular flexibility index (Phi) is 5.15. The average Bonchev–Trinajstić information content (AvgIpc) is 2.59. The van der Waals surface area contributed by atoms with E-state index >= 15 is 0 Å². The molecule has 0 radical (unpaired) electrons. The zero-order valence-electron chi connectivity index (χ0n) is 8.46. The van der Waals surface area contributed by atoms with Crippen molar-refractivity contribution >= 4 is 22.9 Å². The molecule has 1 rings (SSSR count). The molecule has 0 aliphatic carbocycles. The Balaban J connectivity index is 2.35. The largest absolute Gasteiger partial charge is 0.305 e.